The third kappa shape index (κ3) is 2.85. The summed E-state index contributed by atoms with van der Waals surface area (Å²) in [5, 5.41) is 7.23. The molecule has 0 bridgehead atoms. The largest absolute Gasteiger partial charge is 0.348 e. The van der Waals surface area contributed by atoms with Gasteiger partial charge >= 0.3 is 0 Å². The van der Waals surface area contributed by atoms with Crippen LogP contribution in [0.3, 0.4) is 0 Å². The maximum absolute atomic E-state index is 12.1. The second-order valence-corrected chi connectivity index (χ2v) is 4.70. The van der Waals surface area contributed by atoms with Crippen molar-refractivity contribution in [3.8, 4) is 0 Å². The van der Waals surface area contributed by atoms with Crippen molar-refractivity contribution in [2.75, 3.05) is 0 Å². The number of nitrogens with zero attached hydrogens (tertiary/aromatic N) is 3. The molecule has 3 N–H and O–H groups in total. The molecule has 6 nitrogen and oxygen atoms in total. The summed E-state index contributed by atoms with van der Waals surface area (Å²) in [6, 6.07) is 3.38. The number of rotatable bonds is 4. The van der Waals surface area contributed by atoms with Crippen LogP contribution in [0.5, 0.6) is 0 Å². The van der Waals surface area contributed by atoms with Gasteiger partial charge in [0, 0.05) is 43.2 Å². The Hall–Kier alpha value is -2.21. The Morgan fingerprint density at radius 1 is 1.45 bits per heavy atom. The lowest BCUT2D eigenvalue weighted by molar-refractivity contribution is 0.0950. The van der Waals surface area contributed by atoms with Crippen molar-refractivity contribution < 1.29 is 4.79 Å². The second-order valence-electron chi connectivity index (χ2n) is 4.70. The van der Waals surface area contributed by atoms with E-state index in [9.17, 15) is 4.79 Å². The van der Waals surface area contributed by atoms with Crippen LogP contribution in [0, 0.1) is 13.8 Å². The van der Waals surface area contributed by atoms with Gasteiger partial charge in [0.2, 0.25) is 0 Å². The van der Waals surface area contributed by atoms with Crippen molar-refractivity contribution in [2.45, 2.75) is 26.9 Å². The SMILES string of the molecule is Cc1nn(C)c(C)c1CNC(=O)c1ccnc(CN)c1. The molecule has 2 rings (SSSR count). The predicted octanol–water partition coefficient (Wildman–Crippen LogP) is 0.821. The van der Waals surface area contributed by atoms with E-state index >= 15 is 0 Å². The number of nitrogens with one attached hydrogen (secondary N) is 1. The Bertz CT molecular complexity index is 632. The van der Waals surface area contributed by atoms with Crippen molar-refractivity contribution in [1.29, 1.82) is 0 Å². The van der Waals surface area contributed by atoms with Crippen LogP contribution in [0.1, 0.15) is 33.0 Å². The summed E-state index contributed by atoms with van der Waals surface area (Å²) in [5.74, 6) is -0.134. The fourth-order valence-electron chi connectivity index (χ4n) is 2.08. The number of aromatic nitrogens is 3. The summed E-state index contributed by atoms with van der Waals surface area (Å²) < 4.78 is 1.82. The molecule has 2 heterocycles. The number of amides is 1. The molecular weight excluding hydrogens is 254 g/mol. The summed E-state index contributed by atoms with van der Waals surface area (Å²) in [5.41, 5.74) is 9.83. The highest BCUT2D eigenvalue weighted by molar-refractivity contribution is 5.94. The van der Waals surface area contributed by atoms with Crippen LogP contribution in [0.25, 0.3) is 0 Å². The van der Waals surface area contributed by atoms with Crippen molar-refractivity contribution in [1.82, 2.24) is 20.1 Å². The highest BCUT2D eigenvalue weighted by Crippen LogP contribution is 2.11. The summed E-state index contributed by atoms with van der Waals surface area (Å²) in [6.45, 7) is 4.71. The lowest BCUT2D eigenvalue weighted by Crippen LogP contribution is -2.23. The van der Waals surface area contributed by atoms with E-state index in [1.807, 2.05) is 25.6 Å². The summed E-state index contributed by atoms with van der Waals surface area (Å²) in [4.78, 5) is 16.2. The molecule has 0 fully saturated rings. The minimum absolute atomic E-state index is 0.134. The Balaban J connectivity index is 2.08. The molecule has 0 aliphatic heterocycles. The van der Waals surface area contributed by atoms with Crippen LogP contribution >= 0.6 is 0 Å². The topological polar surface area (TPSA) is 85.8 Å². The van der Waals surface area contributed by atoms with Gasteiger partial charge < -0.3 is 11.1 Å². The average molecular weight is 273 g/mol. The van der Waals surface area contributed by atoms with Gasteiger partial charge in [0.15, 0.2) is 0 Å². The highest BCUT2D eigenvalue weighted by atomic mass is 16.1. The Labute approximate surface area is 118 Å². The number of carbonyl (C=O) groups excluding carboxylic acids is 1. The molecule has 6 heteroatoms. The van der Waals surface area contributed by atoms with E-state index < -0.39 is 0 Å². The van der Waals surface area contributed by atoms with Gasteiger partial charge in [-0.1, -0.05) is 0 Å². The Kier molecular flexibility index (Phi) is 4.14. The maximum atomic E-state index is 12.1. The number of pyridine rings is 1. The van der Waals surface area contributed by atoms with Gasteiger partial charge in [0.1, 0.15) is 0 Å². The molecule has 1 amide bonds. The second kappa shape index (κ2) is 5.83. The van der Waals surface area contributed by atoms with Gasteiger partial charge in [-0.2, -0.15) is 5.10 Å². The van der Waals surface area contributed by atoms with E-state index in [1.165, 1.54) is 0 Å². The maximum Gasteiger partial charge on any atom is 0.251 e. The van der Waals surface area contributed by atoms with Crippen molar-refractivity contribution in [3.63, 3.8) is 0 Å². The molecule has 0 saturated carbocycles. The lowest BCUT2D eigenvalue weighted by atomic mass is 10.1. The molecule has 0 atom stereocenters. The van der Waals surface area contributed by atoms with Crippen molar-refractivity contribution in [2.24, 2.45) is 12.8 Å². The third-order valence-corrected chi connectivity index (χ3v) is 3.37. The van der Waals surface area contributed by atoms with Crippen LogP contribution in [0.4, 0.5) is 0 Å². The molecule has 0 unspecified atom stereocenters. The molecule has 2 aromatic rings. The van der Waals surface area contributed by atoms with E-state index in [2.05, 4.69) is 15.4 Å². The summed E-state index contributed by atoms with van der Waals surface area (Å²) in [7, 11) is 1.89. The first-order valence-corrected chi connectivity index (χ1v) is 6.45. The molecule has 0 aliphatic rings. The minimum atomic E-state index is -0.134. The molecule has 0 saturated heterocycles. The number of aryl methyl sites for hydroxylation is 2. The molecule has 2 aromatic heterocycles. The van der Waals surface area contributed by atoms with Crippen LogP contribution in [0.2, 0.25) is 0 Å². The molecule has 0 aromatic carbocycles. The zero-order chi connectivity index (χ0) is 14.7. The monoisotopic (exact) mass is 273 g/mol. The zero-order valence-electron chi connectivity index (χ0n) is 12.0. The van der Waals surface area contributed by atoms with E-state index in [-0.39, 0.29) is 5.91 Å². The van der Waals surface area contributed by atoms with E-state index in [0.29, 0.717) is 24.3 Å². The van der Waals surface area contributed by atoms with Crippen LogP contribution < -0.4 is 11.1 Å². The van der Waals surface area contributed by atoms with E-state index in [1.54, 1.807) is 18.3 Å². The number of carbonyl (C=O) groups is 1. The van der Waals surface area contributed by atoms with Gasteiger partial charge in [0.25, 0.3) is 5.91 Å². The fourth-order valence-corrected chi connectivity index (χ4v) is 2.08. The summed E-state index contributed by atoms with van der Waals surface area (Å²) in [6.07, 6.45) is 1.59. The first-order valence-electron chi connectivity index (χ1n) is 6.45. The minimum Gasteiger partial charge on any atom is -0.348 e. The molecule has 0 aliphatic carbocycles. The molecule has 20 heavy (non-hydrogen) atoms. The van der Waals surface area contributed by atoms with Gasteiger partial charge in [-0.05, 0) is 26.0 Å². The number of hydrogen-bond donors (Lipinski definition) is 2. The van der Waals surface area contributed by atoms with Crippen LogP contribution in [-0.2, 0) is 20.1 Å². The zero-order valence-corrected chi connectivity index (χ0v) is 12.0. The Morgan fingerprint density at radius 2 is 2.20 bits per heavy atom. The lowest BCUT2D eigenvalue weighted by Gasteiger charge is -2.06. The van der Waals surface area contributed by atoms with E-state index in [0.717, 1.165) is 17.0 Å². The average Bonchev–Trinajstić information content (AvgIpc) is 2.70. The highest BCUT2D eigenvalue weighted by Gasteiger charge is 2.11. The first-order chi connectivity index (χ1) is 9.52. The molecule has 0 spiro atoms. The fraction of sp³-hybridized carbons (Fsp3) is 0.357. The van der Waals surface area contributed by atoms with Gasteiger partial charge in [-0.15, -0.1) is 0 Å². The molecule has 0 radical (unpaired) electrons. The molecule has 106 valence electrons. The van der Waals surface area contributed by atoms with Gasteiger partial charge in [-0.3, -0.25) is 14.5 Å². The quantitative estimate of drug-likeness (QED) is 0.863. The molecular formula is C14H19N5O. The van der Waals surface area contributed by atoms with Crippen LogP contribution in [0.15, 0.2) is 18.3 Å². The van der Waals surface area contributed by atoms with Gasteiger partial charge in [-0.25, -0.2) is 0 Å². The third-order valence-electron chi connectivity index (χ3n) is 3.37. The number of hydrogen-bond acceptors (Lipinski definition) is 4. The first kappa shape index (κ1) is 14.2. The predicted molar refractivity (Wildman–Crippen MR) is 76.0 cm³/mol. The number of nitrogens with two attached hydrogens (primary N) is 1. The van der Waals surface area contributed by atoms with Crippen molar-refractivity contribution in [3.05, 3.63) is 46.5 Å². The standard InChI is InChI=1S/C14H19N5O/c1-9-13(10(2)19(3)18-9)8-17-14(20)11-4-5-16-12(6-11)7-15/h4-6H,7-8,15H2,1-3H3,(H,17,20). The van der Waals surface area contributed by atoms with Crippen LogP contribution in [-0.4, -0.2) is 20.7 Å². The van der Waals surface area contributed by atoms with Gasteiger partial charge in [0.05, 0.1) is 11.4 Å². The summed E-state index contributed by atoms with van der Waals surface area (Å²) >= 11 is 0. The van der Waals surface area contributed by atoms with Crippen molar-refractivity contribution >= 4 is 5.91 Å². The Morgan fingerprint density at radius 3 is 2.80 bits per heavy atom. The van der Waals surface area contributed by atoms with E-state index in [4.69, 9.17) is 5.73 Å². The normalized spacial score (nSPS) is 10.6. The smallest absolute Gasteiger partial charge is 0.251 e.